The summed E-state index contributed by atoms with van der Waals surface area (Å²) in [6, 6.07) is 5.63. The number of carboxylic acids is 1. The molecule has 0 aliphatic carbocycles. The zero-order valence-corrected chi connectivity index (χ0v) is 13.5. The maximum atomic E-state index is 12.7. The molecule has 0 aliphatic rings. The largest absolute Gasteiger partial charge is 0.481 e. The number of carboxylic acid groups (broad SMARTS) is 1. The van der Waals surface area contributed by atoms with Gasteiger partial charge in [-0.25, -0.2) is 0 Å². The van der Waals surface area contributed by atoms with Crippen LogP contribution in [0.1, 0.15) is 48.7 Å². The summed E-state index contributed by atoms with van der Waals surface area (Å²) in [6.07, 6.45) is 0.795. The van der Waals surface area contributed by atoms with Gasteiger partial charge < -0.3 is 10.0 Å². The highest BCUT2D eigenvalue weighted by atomic mass is 16.4. The maximum Gasteiger partial charge on any atom is 0.308 e. The lowest BCUT2D eigenvalue weighted by atomic mass is 10.0. The first-order chi connectivity index (χ1) is 9.77. The van der Waals surface area contributed by atoms with Gasteiger partial charge in [-0.05, 0) is 50.5 Å². The summed E-state index contributed by atoms with van der Waals surface area (Å²) in [5.41, 5.74) is 2.83. The predicted molar refractivity (Wildman–Crippen MR) is 83.5 cm³/mol. The van der Waals surface area contributed by atoms with E-state index in [1.165, 1.54) is 0 Å². The number of benzene rings is 1. The van der Waals surface area contributed by atoms with Gasteiger partial charge >= 0.3 is 5.97 Å². The van der Waals surface area contributed by atoms with E-state index in [-0.39, 0.29) is 18.5 Å². The first kappa shape index (κ1) is 17.2. The van der Waals surface area contributed by atoms with E-state index in [1.807, 2.05) is 45.9 Å². The number of aliphatic carboxylic acids is 1. The number of hydrogen-bond acceptors (Lipinski definition) is 2. The maximum absolute atomic E-state index is 12.7. The highest BCUT2D eigenvalue weighted by molar-refractivity contribution is 5.95. The van der Waals surface area contributed by atoms with Gasteiger partial charge in [0.1, 0.15) is 0 Å². The second-order valence-electron chi connectivity index (χ2n) is 5.75. The van der Waals surface area contributed by atoms with Crippen molar-refractivity contribution >= 4 is 11.9 Å². The summed E-state index contributed by atoms with van der Waals surface area (Å²) in [5, 5.41) is 9.08. The Morgan fingerprint density at radius 3 is 2.29 bits per heavy atom. The number of hydrogen-bond donors (Lipinski definition) is 1. The van der Waals surface area contributed by atoms with E-state index in [0.717, 1.165) is 17.5 Å². The second-order valence-corrected chi connectivity index (χ2v) is 5.75. The van der Waals surface area contributed by atoms with Gasteiger partial charge in [-0.15, -0.1) is 0 Å². The lowest BCUT2D eigenvalue weighted by Crippen LogP contribution is -2.42. The van der Waals surface area contributed by atoms with Gasteiger partial charge in [0.05, 0.1) is 5.92 Å². The van der Waals surface area contributed by atoms with Crippen molar-refractivity contribution in [3.63, 3.8) is 0 Å². The van der Waals surface area contributed by atoms with Gasteiger partial charge in [-0.1, -0.05) is 19.9 Å². The Morgan fingerprint density at radius 2 is 1.81 bits per heavy atom. The zero-order chi connectivity index (χ0) is 16.2. The second kappa shape index (κ2) is 7.25. The fourth-order valence-corrected chi connectivity index (χ4v) is 2.10. The molecule has 1 aromatic rings. The summed E-state index contributed by atoms with van der Waals surface area (Å²) in [5.74, 6) is -1.55. The van der Waals surface area contributed by atoms with Crippen LogP contribution in [0.4, 0.5) is 0 Å². The standard InChI is InChI=1S/C17H25NO3/c1-6-14(5)18(10-13(4)17(20)21)16(19)15-8-7-11(2)12(3)9-15/h7-9,13-14H,6,10H2,1-5H3,(H,20,21). The van der Waals surface area contributed by atoms with Crippen molar-refractivity contribution in [1.82, 2.24) is 4.90 Å². The number of carbonyl (C=O) groups is 2. The minimum Gasteiger partial charge on any atom is -0.481 e. The molecule has 0 radical (unpaired) electrons. The van der Waals surface area contributed by atoms with Crippen LogP contribution in [0.3, 0.4) is 0 Å². The highest BCUT2D eigenvalue weighted by Crippen LogP contribution is 2.16. The average Bonchev–Trinajstić information content (AvgIpc) is 2.45. The molecule has 0 aromatic heterocycles. The van der Waals surface area contributed by atoms with Crippen molar-refractivity contribution in [3.05, 3.63) is 34.9 Å². The van der Waals surface area contributed by atoms with E-state index in [2.05, 4.69) is 0 Å². The Labute approximate surface area is 126 Å². The zero-order valence-electron chi connectivity index (χ0n) is 13.5. The van der Waals surface area contributed by atoms with Crippen molar-refractivity contribution in [1.29, 1.82) is 0 Å². The Hall–Kier alpha value is -1.84. The minimum absolute atomic E-state index is 0.0147. The van der Waals surface area contributed by atoms with Crippen LogP contribution in [0.2, 0.25) is 0 Å². The number of amides is 1. The molecule has 1 rings (SSSR count). The van der Waals surface area contributed by atoms with Gasteiger partial charge in [0.2, 0.25) is 0 Å². The van der Waals surface area contributed by atoms with Crippen molar-refractivity contribution in [2.75, 3.05) is 6.54 Å². The molecular weight excluding hydrogens is 266 g/mol. The predicted octanol–water partition coefficient (Wildman–Crippen LogP) is 3.26. The monoisotopic (exact) mass is 291 g/mol. The Morgan fingerprint density at radius 1 is 1.19 bits per heavy atom. The van der Waals surface area contributed by atoms with Crippen molar-refractivity contribution in [2.24, 2.45) is 5.92 Å². The van der Waals surface area contributed by atoms with Crippen LogP contribution in [0.5, 0.6) is 0 Å². The van der Waals surface area contributed by atoms with Crippen molar-refractivity contribution in [2.45, 2.75) is 47.1 Å². The van der Waals surface area contributed by atoms with Gasteiger partial charge in [-0.2, -0.15) is 0 Å². The number of aryl methyl sites for hydroxylation is 2. The molecule has 116 valence electrons. The molecule has 0 heterocycles. The van der Waals surface area contributed by atoms with E-state index in [9.17, 15) is 9.59 Å². The van der Waals surface area contributed by atoms with Crippen LogP contribution < -0.4 is 0 Å². The van der Waals surface area contributed by atoms with E-state index >= 15 is 0 Å². The van der Waals surface area contributed by atoms with E-state index < -0.39 is 11.9 Å². The van der Waals surface area contributed by atoms with Crippen LogP contribution in [0, 0.1) is 19.8 Å². The average molecular weight is 291 g/mol. The highest BCUT2D eigenvalue weighted by Gasteiger charge is 2.25. The first-order valence-corrected chi connectivity index (χ1v) is 7.38. The Bertz CT molecular complexity index is 525. The summed E-state index contributed by atoms with van der Waals surface area (Å²) >= 11 is 0. The molecule has 0 spiro atoms. The fraction of sp³-hybridized carbons (Fsp3) is 0.529. The molecule has 1 N–H and O–H groups in total. The van der Waals surface area contributed by atoms with Crippen molar-refractivity contribution in [3.8, 4) is 0 Å². The molecule has 1 aromatic carbocycles. The number of nitrogens with zero attached hydrogens (tertiary/aromatic N) is 1. The number of rotatable bonds is 6. The van der Waals surface area contributed by atoms with Gasteiger partial charge in [0.15, 0.2) is 0 Å². The first-order valence-electron chi connectivity index (χ1n) is 7.38. The smallest absolute Gasteiger partial charge is 0.308 e. The molecule has 1 amide bonds. The van der Waals surface area contributed by atoms with Crippen molar-refractivity contribution < 1.29 is 14.7 Å². The third kappa shape index (κ3) is 4.31. The lowest BCUT2D eigenvalue weighted by molar-refractivity contribution is -0.141. The molecule has 0 saturated carbocycles. The van der Waals surface area contributed by atoms with Gasteiger partial charge in [0, 0.05) is 18.2 Å². The molecule has 0 aliphatic heterocycles. The van der Waals surface area contributed by atoms with Crippen LogP contribution in [-0.4, -0.2) is 34.5 Å². The molecule has 0 saturated heterocycles. The fourth-order valence-electron chi connectivity index (χ4n) is 2.10. The topological polar surface area (TPSA) is 57.6 Å². The van der Waals surface area contributed by atoms with E-state index in [4.69, 9.17) is 5.11 Å². The molecule has 0 fully saturated rings. The third-order valence-corrected chi connectivity index (χ3v) is 4.03. The molecule has 4 heteroatoms. The van der Waals surface area contributed by atoms with Crippen LogP contribution in [0.15, 0.2) is 18.2 Å². The third-order valence-electron chi connectivity index (χ3n) is 4.03. The minimum atomic E-state index is -0.879. The van der Waals surface area contributed by atoms with Crippen LogP contribution >= 0.6 is 0 Å². The van der Waals surface area contributed by atoms with Gasteiger partial charge in [0.25, 0.3) is 5.91 Å². The molecule has 21 heavy (non-hydrogen) atoms. The van der Waals surface area contributed by atoms with Crippen LogP contribution in [-0.2, 0) is 4.79 Å². The molecule has 0 bridgehead atoms. The summed E-state index contributed by atoms with van der Waals surface area (Å²) in [6.45, 7) is 9.79. The normalized spacial score (nSPS) is 13.6. The lowest BCUT2D eigenvalue weighted by Gasteiger charge is -2.30. The Kier molecular flexibility index (Phi) is 5.94. The summed E-state index contributed by atoms with van der Waals surface area (Å²) < 4.78 is 0. The summed E-state index contributed by atoms with van der Waals surface area (Å²) in [7, 11) is 0. The molecule has 2 atom stereocenters. The van der Waals surface area contributed by atoms with E-state index in [1.54, 1.807) is 11.8 Å². The van der Waals surface area contributed by atoms with Gasteiger partial charge in [-0.3, -0.25) is 9.59 Å². The van der Waals surface area contributed by atoms with Crippen LogP contribution in [0.25, 0.3) is 0 Å². The molecular formula is C17H25NO3. The van der Waals surface area contributed by atoms with E-state index in [0.29, 0.717) is 5.56 Å². The molecule has 2 unspecified atom stereocenters. The summed E-state index contributed by atoms with van der Waals surface area (Å²) in [4.78, 5) is 25.4. The SMILES string of the molecule is CCC(C)N(CC(C)C(=O)O)C(=O)c1ccc(C)c(C)c1. The number of carbonyl (C=O) groups excluding carboxylic acids is 1. The molecule has 4 nitrogen and oxygen atoms in total. The Balaban J connectivity index is 3.04. The quantitative estimate of drug-likeness (QED) is 0.875.